The van der Waals surface area contributed by atoms with Crippen LogP contribution < -0.4 is 10.2 Å². The smallest absolute Gasteiger partial charge is 0.313 e. The summed E-state index contributed by atoms with van der Waals surface area (Å²) in [4.78, 5) is 28.3. The van der Waals surface area contributed by atoms with Gasteiger partial charge in [0.2, 0.25) is 0 Å². The fraction of sp³-hybridized carbons (Fsp3) is 0.300. The summed E-state index contributed by atoms with van der Waals surface area (Å²) < 4.78 is 12.9. The molecule has 0 unspecified atom stereocenters. The SMILES string of the molecule is Cc1cccc(N2CCN(C(=O)C(=O)Nc3ccc(F)cc3)CC2)c1C. The molecule has 1 aliphatic heterocycles. The lowest BCUT2D eigenvalue weighted by Crippen LogP contribution is -2.51. The van der Waals surface area contributed by atoms with Gasteiger partial charge in [0.1, 0.15) is 5.82 Å². The van der Waals surface area contributed by atoms with Gasteiger partial charge in [0.15, 0.2) is 0 Å². The second kappa shape index (κ2) is 7.56. The van der Waals surface area contributed by atoms with E-state index >= 15 is 0 Å². The van der Waals surface area contributed by atoms with Crippen LogP contribution in [-0.2, 0) is 9.59 Å². The molecule has 1 N–H and O–H groups in total. The predicted octanol–water partition coefficient (Wildman–Crippen LogP) is 2.73. The van der Waals surface area contributed by atoms with Gasteiger partial charge < -0.3 is 15.1 Å². The standard InChI is InChI=1S/C20H22FN3O2/c1-14-4-3-5-18(15(14)2)23-10-12-24(13-11-23)20(26)19(25)22-17-8-6-16(21)7-9-17/h3-9H,10-13H2,1-2H3,(H,22,25). The molecule has 0 aromatic heterocycles. The predicted molar refractivity (Wildman–Crippen MR) is 99.7 cm³/mol. The Labute approximate surface area is 152 Å². The number of halogens is 1. The van der Waals surface area contributed by atoms with E-state index in [-0.39, 0.29) is 0 Å². The van der Waals surface area contributed by atoms with E-state index in [1.807, 2.05) is 6.07 Å². The number of anilines is 2. The minimum absolute atomic E-state index is 0.392. The summed E-state index contributed by atoms with van der Waals surface area (Å²) in [6, 6.07) is 11.5. The number of amides is 2. The number of carbonyl (C=O) groups excluding carboxylic acids is 2. The van der Waals surface area contributed by atoms with Crippen LogP contribution in [0.5, 0.6) is 0 Å². The highest BCUT2D eigenvalue weighted by Gasteiger charge is 2.26. The highest BCUT2D eigenvalue weighted by molar-refractivity contribution is 6.39. The Hall–Kier alpha value is -2.89. The average molecular weight is 355 g/mol. The number of nitrogens with one attached hydrogen (secondary N) is 1. The minimum Gasteiger partial charge on any atom is -0.368 e. The first-order valence-electron chi connectivity index (χ1n) is 8.62. The van der Waals surface area contributed by atoms with Crippen molar-refractivity contribution in [1.29, 1.82) is 0 Å². The molecule has 0 atom stereocenters. The second-order valence-electron chi connectivity index (χ2n) is 6.46. The largest absolute Gasteiger partial charge is 0.368 e. The van der Waals surface area contributed by atoms with Gasteiger partial charge in [-0.25, -0.2) is 4.39 Å². The van der Waals surface area contributed by atoms with Gasteiger partial charge in [-0.2, -0.15) is 0 Å². The lowest BCUT2D eigenvalue weighted by molar-refractivity contribution is -0.143. The molecule has 0 spiro atoms. The average Bonchev–Trinajstić information content (AvgIpc) is 2.65. The molecule has 0 aliphatic carbocycles. The highest BCUT2D eigenvalue weighted by Crippen LogP contribution is 2.23. The third-order valence-corrected chi connectivity index (χ3v) is 4.78. The fourth-order valence-electron chi connectivity index (χ4n) is 3.09. The summed E-state index contributed by atoms with van der Waals surface area (Å²) >= 11 is 0. The van der Waals surface area contributed by atoms with E-state index in [0.29, 0.717) is 31.9 Å². The Kier molecular flexibility index (Phi) is 5.21. The van der Waals surface area contributed by atoms with Crippen LogP contribution in [0.15, 0.2) is 42.5 Å². The number of piperazine rings is 1. The summed E-state index contributed by atoms with van der Waals surface area (Å²) in [5, 5.41) is 2.52. The number of hydrogen-bond acceptors (Lipinski definition) is 3. The van der Waals surface area contributed by atoms with Crippen molar-refractivity contribution in [3.05, 3.63) is 59.4 Å². The molecule has 136 valence electrons. The molecule has 1 heterocycles. The van der Waals surface area contributed by atoms with Crippen LogP contribution in [0.4, 0.5) is 15.8 Å². The Morgan fingerprint density at radius 1 is 0.962 bits per heavy atom. The van der Waals surface area contributed by atoms with Gasteiger partial charge >= 0.3 is 11.8 Å². The quantitative estimate of drug-likeness (QED) is 0.843. The van der Waals surface area contributed by atoms with Gasteiger partial charge in [-0.3, -0.25) is 9.59 Å². The number of rotatable bonds is 2. The Morgan fingerprint density at radius 3 is 2.27 bits per heavy atom. The molecule has 1 fully saturated rings. The number of nitrogens with zero attached hydrogens (tertiary/aromatic N) is 2. The molecule has 1 aliphatic rings. The Morgan fingerprint density at radius 2 is 1.62 bits per heavy atom. The van der Waals surface area contributed by atoms with E-state index in [4.69, 9.17) is 0 Å². The first kappa shape index (κ1) is 17.9. The fourth-order valence-corrected chi connectivity index (χ4v) is 3.09. The molecule has 5 nitrogen and oxygen atoms in total. The monoisotopic (exact) mass is 355 g/mol. The number of benzene rings is 2. The van der Waals surface area contributed by atoms with Crippen LogP contribution in [0.1, 0.15) is 11.1 Å². The van der Waals surface area contributed by atoms with E-state index in [0.717, 1.165) is 0 Å². The van der Waals surface area contributed by atoms with Gasteiger partial charge in [0.25, 0.3) is 0 Å². The number of carbonyl (C=O) groups is 2. The van der Waals surface area contributed by atoms with Gasteiger partial charge in [-0.05, 0) is 55.3 Å². The molecule has 26 heavy (non-hydrogen) atoms. The molecule has 2 aromatic rings. The van der Waals surface area contributed by atoms with Gasteiger partial charge in [-0.15, -0.1) is 0 Å². The Bertz CT molecular complexity index is 812. The molecule has 3 rings (SSSR count). The third-order valence-electron chi connectivity index (χ3n) is 4.78. The summed E-state index contributed by atoms with van der Waals surface area (Å²) in [6.07, 6.45) is 0. The number of aryl methyl sites for hydroxylation is 1. The van der Waals surface area contributed by atoms with Crippen molar-refractivity contribution in [2.45, 2.75) is 13.8 Å². The topological polar surface area (TPSA) is 52.7 Å². The van der Waals surface area contributed by atoms with Gasteiger partial charge in [-0.1, -0.05) is 12.1 Å². The molecule has 6 heteroatoms. The van der Waals surface area contributed by atoms with E-state index in [1.165, 1.54) is 41.1 Å². The molecular formula is C20H22FN3O2. The molecule has 0 radical (unpaired) electrons. The summed E-state index contributed by atoms with van der Waals surface area (Å²) in [5.74, 6) is -1.65. The first-order chi connectivity index (χ1) is 12.5. The van der Waals surface area contributed by atoms with E-state index in [1.54, 1.807) is 4.90 Å². The first-order valence-corrected chi connectivity index (χ1v) is 8.62. The summed E-state index contributed by atoms with van der Waals surface area (Å²) in [6.45, 7) is 6.52. The van der Waals surface area contributed by atoms with Crippen LogP contribution >= 0.6 is 0 Å². The Balaban J connectivity index is 1.58. The van der Waals surface area contributed by atoms with Crippen molar-refractivity contribution in [3.8, 4) is 0 Å². The van der Waals surface area contributed by atoms with E-state index < -0.39 is 17.6 Å². The van der Waals surface area contributed by atoms with Gasteiger partial charge in [0.05, 0.1) is 0 Å². The lowest BCUT2D eigenvalue weighted by atomic mass is 10.1. The lowest BCUT2D eigenvalue weighted by Gasteiger charge is -2.36. The molecule has 1 saturated heterocycles. The minimum atomic E-state index is -0.697. The molecular weight excluding hydrogens is 333 g/mol. The maximum Gasteiger partial charge on any atom is 0.313 e. The highest BCUT2D eigenvalue weighted by atomic mass is 19.1. The van der Waals surface area contributed by atoms with Crippen LogP contribution in [0.25, 0.3) is 0 Å². The zero-order chi connectivity index (χ0) is 18.7. The summed E-state index contributed by atoms with van der Waals surface area (Å²) in [5.41, 5.74) is 4.05. The van der Waals surface area contributed by atoms with Crippen LogP contribution in [-0.4, -0.2) is 42.9 Å². The maximum atomic E-state index is 12.9. The van der Waals surface area contributed by atoms with Gasteiger partial charge in [0, 0.05) is 37.6 Å². The zero-order valence-corrected chi connectivity index (χ0v) is 15.0. The maximum absolute atomic E-state index is 12.9. The van der Waals surface area contributed by atoms with Crippen molar-refractivity contribution in [2.24, 2.45) is 0 Å². The van der Waals surface area contributed by atoms with Crippen molar-refractivity contribution in [2.75, 3.05) is 36.4 Å². The van der Waals surface area contributed by atoms with Crippen molar-refractivity contribution in [3.63, 3.8) is 0 Å². The van der Waals surface area contributed by atoms with Crippen molar-refractivity contribution in [1.82, 2.24) is 4.90 Å². The van der Waals surface area contributed by atoms with Crippen LogP contribution in [0.2, 0.25) is 0 Å². The van der Waals surface area contributed by atoms with E-state index in [9.17, 15) is 14.0 Å². The number of hydrogen-bond donors (Lipinski definition) is 1. The molecule has 2 aromatic carbocycles. The normalized spacial score (nSPS) is 14.3. The molecule has 0 saturated carbocycles. The third kappa shape index (κ3) is 3.85. The second-order valence-corrected chi connectivity index (χ2v) is 6.46. The zero-order valence-electron chi connectivity index (χ0n) is 15.0. The van der Waals surface area contributed by atoms with Crippen molar-refractivity contribution >= 4 is 23.2 Å². The molecule has 2 amide bonds. The van der Waals surface area contributed by atoms with Crippen molar-refractivity contribution < 1.29 is 14.0 Å². The summed E-state index contributed by atoms with van der Waals surface area (Å²) in [7, 11) is 0. The van der Waals surface area contributed by atoms with Crippen LogP contribution in [0, 0.1) is 19.7 Å². The van der Waals surface area contributed by atoms with Crippen LogP contribution in [0.3, 0.4) is 0 Å². The molecule has 0 bridgehead atoms. The van der Waals surface area contributed by atoms with E-state index in [2.05, 4.69) is 36.2 Å².